The molecule has 1 heterocycles. The zero-order chi connectivity index (χ0) is 14.1. The topological polar surface area (TPSA) is 74.2 Å². The Morgan fingerprint density at radius 3 is 2.06 bits per heavy atom. The van der Waals surface area contributed by atoms with E-state index in [4.69, 9.17) is 15.0 Å². The van der Waals surface area contributed by atoms with Crippen molar-refractivity contribution in [2.24, 2.45) is 16.6 Å². The summed E-state index contributed by atoms with van der Waals surface area (Å²) in [6.45, 7) is 12.3. The lowest BCUT2D eigenvalue weighted by Gasteiger charge is -2.26. The van der Waals surface area contributed by atoms with E-state index in [0.717, 1.165) is 0 Å². The Bertz CT molecular complexity index is 388. The van der Waals surface area contributed by atoms with Crippen molar-refractivity contribution in [3.8, 4) is 0 Å². The quantitative estimate of drug-likeness (QED) is 0.899. The highest BCUT2D eigenvalue weighted by Crippen LogP contribution is 2.35. The van der Waals surface area contributed by atoms with E-state index in [9.17, 15) is 0 Å². The number of nitrogens with zero attached hydrogens (tertiary/aromatic N) is 2. The number of methoxy groups -OCH3 is 1. The van der Waals surface area contributed by atoms with Gasteiger partial charge in [-0.1, -0.05) is 46.7 Å². The molecule has 0 spiro atoms. The summed E-state index contributed by atoms with van der Waals surface area (Å²) < 4.78 is 10.7. The van der Waals surface area contributed by atoms with Gasteiger partial charge in [0, 0.05) is 7.11 Å². The predicted octanol–water partition coefficient (Wildman–Crippen LogP) is 2.85. The van der Waals surface area contributed by atoms with Crippen molar-refractivity contribution in [3.63, 3.8) is 0 Å². The van der Waals surface area contributed by atoms with Crippen LogP contribution >= 0.6 is 0 Å². The first-order valence-corrected chi connectivity index (χ1v) is 6.19. The van der Waals surface area contributed by atoms with Crippen LogP contribution in [0.15, 0.2) is 4.52 Å². The summed E-state index contributed by atoms with van der Waals surface area (Å²) in [4.78, 5) is 4.39. The molecule has 1 aromatic rings. The smallest absolute Gasteiger partial charge is 0.244 e. The van der Waals surface area contributed by atoms with Gasteiger partial charge in [0.25, 0.3) is 0 Å². The first-order valence-electron chi connectivity index (χ1n) is 6.19. The molecule has 2 N–H and O–H groups in total. The lowest BCUT2D eigenvalue weighted by molar-refractivity contribution is 0.00718. The van der Waals surface area contributed by atoms with E-state index in [1.807, 2.05) is 20.8 Å². The second kappa shape index (κ2) is 4.97. The van der Waals surface area contributed by atoms with E-state index < -0.39 is 0 Å². The van der Waals surface area contributed by atoms with Gasteiger partial charge in [-0.05, 0) is 10.8 Å². The monoisotopic (exact) mass is 255 g/mol. The normalized spacial score (nSPS) is 16.7. The maximum absolute atomic E-state index is 6.10. The molecular weight excluding hydrogens is 230 g/mol. The summed E-state index contributed by atoms with van der Waals surface area (Å²) in [5.41, 5.74) is 5.89. The van der Waals surface area contributed by atoms with Gasteiger partial charge in [-0.2, -0.15) is 4.98 Å². The Balaban J connectivity index is 2.99. The maximum Gasteiger partial charge on any atom is 0.244 e. The van der Waals surface area contributed by atoms with E-state index in [1.165, 1.54) is 0 Å². The van der Waals surface area contributed by atoms with E-state index in [0.29, 0.717) is 11.7 Å². The third-order valence-electron chi connectivity index (χ3n) is 2.91. The van der Waals surface area contributed by atoms with Crippen molar-refractivity contribution in [2.45, 2.75) is 53.7 Å². The van der Waals surface area contributed by atoms with Crippen LogP contribution in [0.25, 0.3) is 0 Å². The number of nitrogens with two attached hydrogens (primary N) is 1. The molecule has 1 rings (SSSR count). The average Bonchev–Trinajstić information content (AvgIpc) is 2.63. The molecular formula is C13H25N3O2. The predicted molar refractivity (Wildman–Crippen MR) is 69.9 cm³/mol. The third kappa shape index (κ3) is 3.29. The third-order valence-corrected chi connectivity index (χ3v) is 2.91. The summed E-state index contributed by atoms with van der Waals surface area (Å²) in [7, 11) is 1.65. The van der Waals surface area contributed by atoms with Crippen LogP contribution in [-0.2, 0) is 4.74 Å². The van der Waals surface area contributed by atoms with Crippen molar-refractivity contribution >= 4 is 0 Å². The highest BCUT2D eigenvalue weighted by atomic mass is 16.5. The van der Waals surface area contributed by atoms with Gasteiger partial charge < -0.3 is 15.0 Å². The van der Waals surface area contributed by atoms with E-state index in [-0.39, 0.29) is 23.0 Å². The van der Waals surface area contributed by atoms with Crippen LogP contribution in [-0.4, -0.2) is 17.3 Å². The molecule has 2 atom stereocenters. The van der Waals surface area contributed by atoms with Crippen molar-refractivity contribution in [1.82, 2.24) is 10.1 Å². The van der Waals surface area contributed by atoms with E-state index >= 15 is 0 Å². The minimum atomic E-state index is -0.281. The molecule has 0 amide bonds. The fourth-order valence-electron chi connectivity index (χ4n) is 1.70. The van der Waals surface area contributed by atoms with Gasteiger partial charge in [0.15, 0.2) is 0 Å². The van der Waals surface area contributed by atoms with Crippen molar-refractivity contribution in [2.75, 3.05) is 7.11 Å². The SMILES string of the molecule is COC(c1noc(C(N)C(C)(C)C)n1)C(C)(C)C. The molecule has 2 unspecified atom stereocenters. The molecule has 0 fully saturated rings. The second-order valence-corrected chi connectivity index (χ2v) is 6.82. The van der Waals surface area contributed by atoms with Crippen LogP contribution in [0.2, 0.25) is 0 Å². The number of rotatable bonds is 3. The lowest BCUT2D eigenvalue weighted by atomic mass is 9.87. The number of hydrogen-bond donors (Lipinski definition) is 1. The Hall–Kier alpha value is -0.940. The molecule has 0 radical (unpaired) electrons. The van der Waals surface area contributed by atoms with Crippen molar-refractivity contribution < 1.29 is 9.26 Å². The molecule has 5 heteroatoms. The van der Waals surface area contributed by atoms with E-state index in [1.54, 1.807) is 7.11 Å². The van der Waals surface area contributed by atoms with Gasteiger partial charge in [-0.25, -0.2) is 0 Å². The fourth-order valence-corrected chi connectivity index (χ4v) is 1.70. The van der Waals surface area contributed by atoms with Gasteiger partial charge in [0.1, 0.15) is 6.10 Å². The molecule has 0 saturated carbocycles. The number of ether oxygens (including phenoxy) is 1. The number of aromatic nitrogens is 2. The first-order chi connectivity index (χ1) is 8.07. The Morgan fingerprint density at radius 1 is 1.11 bits per heavy atom. The van der Waals surface area contributed by atoms with Gasteiger partial charge in [0.2, 0.25) is 11.7 Å². The Kier molecular flexibility index (Phi) is 4.18. The van der Waals surface area contributed by atoms with Crippen LogP contribution in [0, 0.1) is 10.8 Å². The maximum atomic E-state index is 6.10. The van der Waals surface area contributed by atoms with Gasteiger partial charge in [-0.15, -0.1) is 0 Å². The molecule has 18 heavy (non-hydrogen) atoms. The number of hydrogen-bond acceptors (Lipinski definition) is 5. The molecule has 0 aliphatic rings. The summed E-state index contributed by atoms with van der Waals surface area (Å²) in [6.07, 6.45) is -0.206. The Morgan fingerprint density at radius 2 is 1.67 bits per heavy atom. The zero-order valence-electron chi connectivity index (χ0n) is 12.4. The molecule has 0 aliphatic carbocycles. The standard InChI is InChI=1S/C13H25N3O2/c1-12(2,3)8(14)11-15-10(16-18-11)9(17-7)13(4,5)6/h8-9H,14H2,1-7H3. The van der Waals surface area contributed by atoms with Gasteiger partial charge in [0.05, 0.1) is 6.04 Å². The fraction of sp³-hybridized carbons (Fsp3) is 0.846. The molecule has 0 aliphatic heterocycles. The average molecular weight is 255 g/mol. The van der Waals surface area contributed by atoms with Crippen molar-refractivity contribution in [1.29, 1.82) is 0 Å². The minimum absolute atomic E-state index is 0.0955. The van der Waals surface area contributed by atoms with Gasteiger partial charge >= 0.3 is 0 Å². The first kappa shape index (κ1) is 15.1. The minimum Gasteiger partial charge on any atom is -0.373 e. The van der Waals surface area contributed by atoms with Crippen LogP contribution in [0.3, 0.4) is 0 Å². The van der Waals surface area contributed by atoms with Crippen LogP contribution in [0.4, 0.5) is 0 Å². The van der Waals surface area contributed by atoms with Crippen LogP contribution < -0.4 is 5.73 Å². The van der Waals surface area contributed by atoms with Crippen LogP contribution in [0.5, 0.6) is 0 Å². The molecule has 5 nitrogen and oxygen atoms in total. The molecule has 0 aromatic carbocycles. The zero-order valence-corrected chi connectivity index (χ0v) is 12.4. The van der Waals surface area contributed by atoms with E-state index in [2.05, 4.69) is 30.9 Å². The molecule has 0 bridgehead atoms. The van der Waals surface area contributed by atoms with Crippen LogP contribution in [0.1, 0.15) is 65.4 Å². The highest BCUT2D eigenvalue weighted by Gasteiger charge is 2.33. The molecule has 1 aromatic heterocycles. The van der Waals surface area contributed by atoms with Gasteiger partial charge in [-0.3, -0.25) is 0 Å². The Labute approximate surface area is 109 Å². The lowest BCUT2D eigenvalue weighted by Crippen LogP contribution is -2.27. The summed E-state index contributed by atoms with van der Waals surface area (Å²) in [5.74, 6) is 1.02. The largest absolute Gasteiger partial charge is 0.373 e. The highest BCUT2D eigenvalue weighted by molar-refractivity contribution is 5.01. The molecule has 0 saturated heterocycles. The summed E-state index contributed by atoms with van der Waals surface area (Å²) in [5, 5.41) is 4.00. The second-order valence-electron chi connectivity index (χ2n) is 6.82. The molecule has 104 valence electrons. The summed E-state index contributed by atoms with van der Waals surface area (Å²) in [6, 6.07) is -0.281. The summed E-state index contributed by atoms with van der Waals surface area (Å²) >= 11 is 0. The van der Waals surface area contributed by atoms with Crippen molar-refractivity contribution in [3.05, 3.63) is 11.7 Å².